The summed E-state index contributed by atoms with van der Waals surface area (Å²) >= 11 is 0. The Morgan fingerprint density at radius 2 is 2.00 bits per heavy atom. The first kappa shape index (κ1) is 17.0. The molecule has 0 spiro atoms. The fourth-order valence-electron chi connectivity index (χ4n) is 2.57. The van der Waals surface area contributed by atoms with Gasteiger partial charge < -0.3 is 14.4 Å². The van der Waals surface area contributed by atoms with Gasteiger partial charge in [-0.1, -0.05) is 6.92 Å². The first-order valence-corrected chi connectivity index (χ1v) is 7.39. The highest BCUT2D eigenvalue weighted by molar-refractivity contribution is 6.04. The highest BCUT2D eigenvalue weighted by Gasteiger charge is 2.39. The van der Waals surface area contributed by atoms with Gasteiger partial charge in [0.25, 0.3) is 5.91 Å². The van der Waals surface area contributed by atoms with Crippen molar-refractivity contribution in [2.45, 2.75) is 32.8 Å². The average molecular weight is 319 g/mol. The van der Waals surface area contributed by atoms with Gasteiger partial charge in [-0.3, -0.25) is 14.4 Å². The SMILES string of the molecule is COC(=O)CC(C)C(=O)c1ccc2c(c1)OC(C)(C)C(=O)N2C. The van der Waals surface area contributed by atoms with Gasteiger partial charge in [-0.15, -0.1) is 0 Å². The van der Waals surface area contributed by atoms with Gasteiger partial charge in [-0.2, -0.15) is 0 Å². The standard InChI is InChI=1S/C17H21NO5/c1-10(8-14(19)22-5)15(20)11-6-7-12-13(9-11)23-17(2,3)16(21)18(12)4/h6-7,9-10H,8H2,1-5H3. The number of rotatable bonds is 4. The predicted octanol–water partition coefficient (Wildman–Crippen LogP) is 2.20. The maximum atomic E-state index is 12.4. The molecule has 23 heavy (non-hydrogen) atoms. The number of carbonyl (C=O) groups excluding carboxylic acids is 3. The highest BCUT2D eigenvalue weighted by Crippen LogP contribution is 2.37. The molecule has 1 amide bonds. The van der Waals surface area contributed by atoms with Crippen LogP contribution in [-0.4, -0.2) is 37.4 Å². The zero-order valence-corrected chi connectivity index (χ0v) is 14.0. The van der Waals surface area contributed by atoms with Crippen molar-refractivity contribution in [3.63, 3.8) is 0 Å². The lowest BCUT2D eigenvalue weighted by molar-refractivity contribution is -0.141. The van der Waals surface area contributed by atoms with Crippen molar-refractivity contribution in [3.05, 3.63) is 23.8 Å². The first-order valence-electron chi connectivity index (χ1n) is 7.39. The first-order chi connectivity index (χ1) is 10.7. The Morgan fingerprint density at radius 3 is 2.61 bits per heavy atom. The number of ketones is 1. The summed E-state index contributed by atoms with van der Waals surface area (Å²) in [6.45, 7) is 5.05. The summed E-state index contributed by atoms with van der Waals surface area (Å²) < 4.78 is 10.3. The quantitative estimate of drug-likeness (QED) is 0.628. The van der Waals surface area contributed by atoms with Crippen molar-refractivity contribution in [1.82, 2.24) is 0 Å². The number of ether oxygens (including phenoxy) is 2. The van der Waals surface area contributed by atoms with Gasteiger partial charge in [-0.25, -0.2) is 0 Å². The van der Waals surface area contributed by atoms with Crippen LogP contribution in [-0.2, 0) is 14.3 Å². The number of hydrogen-bond acceptors (Lipinski definition) is 5. The van der Waals surface area contributed by atoms with E-state index in [1.807, 2.05) is 0 Å². The summed E-state index contributed by atoms with van der Waals surface area (Å²) in [5.41, 5.74) is 0.0753. The Morgan fingerprint density at radius 1 is 1.35 bits per heavy atom. The van der Waals surface area contributed by atoms with E-state index in [1.165, 1.54) is 12.0 Å². The van der Waals surface area contributed by atoms with Crippen LogP contribution < -0.4 is 9.64 Å². The van der Waals surface area contributed by atoms with Crippen LogP contribution in [0.15, 0.2) is 18.2 Å². The van der Waals surface area contributed by atoms with Crippen LogP contribution in [0.5, 0.6) is 5.75 Å². The highest BCUT2D eigenvalue weighted by atomic mass is 16.5. The van der Waals surface area contributed by atoms with E-state index in [9.17, 15) is 14.4 Å². The van der Waals surface area contributed by atoms with Gasteiger partial charge >= 0.3 is 5.97 Å². The van der Waals surface area contributed by atoms with Crippen molar-refractivity contribution in [2.24, 2.45) is 5.92 Å². The van der Waals surface area contributed by atoms with Crippen LogP contribution in [0.1, 0.15) is 37.6 Å². The molecule has 124 valence electrons. The number of esters is 1. The van der Waals surface area contributed by atoms with Gasteiger partial charge in [0.2, 0.25) is 0 Å². The van der Waals surface area contributed by atoms with Gasteiger partial charge in [0, 0.05) is 18.5 Å². The van der Waals surface area contributed by atoms with Crippen molar-refractivity contribution >= 4 is 23.3 Å². The fraction of sp³-hybridized carbons (Fsp3) is 0.471. The Balaban J connectivity index is 2.30. The third kappa shape index (κ3) is 3.21. The maximum Gasteiger partial charge on any atom is 0.306 e. The zero-order chi connectivity index (χ0) is 17.4. The van der Waals surface area contributed by atoms with E-state index in [0.29, 0.717) is 17.0 Å². The topological polar surface area (TPSA) is 72.9 Å². The monoisotopic (exact) mass is 319 g/mol. The molecule has 0 saturated carbocycles. The summed E-state index contributed by atoms with van der Waals surface area (Å²) in [7, 11) is 2.97. The lowest BCUT2D eigenvalue weighted by atomic mass is 9.95. The van der Waals surface area contributed by atoms with Gasteiger partial charge in [0.1, 0.15) is 5.75 Å². The number of methoxy groups -OCH3 is 1. The van der Waals surface area contributed by atoms with Crippen LogP contribution in [0, 0.1) is 5.92 Å². The molecule has 1 aliphatic rings. The average Bonchev–Trinajstić information content (AvgIpc) is 2.50. The van der Waals surface area contributed by atoms with Crippen molar-refractivity contribution in [1.29, 1.82) is 0 Å². The van der Waals surface area contributed by atoms with Gasteiger partial charge in [0.15, 0.2) is 11.4 Å². The number of likely N-dealkylation sites (N-methyl/N-ethyl adjacent to an activating group) is 1. The number of carbonyl (C=O) groups is 3. The lowest BCUT2D eigenvalue weighted by Gasteiger charge is -2.37. The van der Waals surface area contributed by atoms with Crippen LogP contribution in [0.4, 0.5) is 5.69 Å². The zero-order valence-electron chi connectivity index (χ0n) is 14.0. The summed E-state index contributed by atoms with van der Waals surface area (Å²) in [6.07, 6.45) is 0.0250. The molecule has 1 aliphatic heterocycles. The van der Waals surface area contributed by atoms with E-state index in [0.717, 1.165) is 0 Å². The molecule has 0 saturated heterocycles. The molecule has 0 aliphatic carbocycles. The van der Waals surface area contributed by atoms with Crippen LogP contribution in [0.25, 0.3) is 0 Å². The van der Waals surface area contributed by atoms with E-state index in [4.69, 9.17) is 4.74 Å². The van der Waals surface area contributed by atoms with Crippen molar-refractivity contribution < 1.29 is 23.9 Å². The summed E-state index contributed by atoms with van der Waals surface area (Å²) in [4.78, 5) is 37.4. The minimum atomic E-state index is -0.985. The molecule has 0 aromatic heterocycles. The van der Waals surface area contributed by atoms with Crippen LogP contribution in [0.2, 0.25) is 0 Å². The maximum absolute atomic E-state index is 12.4. The number of hydrogen-bond donors (Lipinski definition) is 0. The molecular weight excluding hydrogens is 298 g/mol. The molecule has 1 atom stereocenters. The molecular formula is C17H21NO5. The van der Waals surface area contributed by atoms with E-state index in [2.05, 4.69) is 4.74 Å². The van der Waals surface area contributed by atoms with E-state index >= 15 is 0 Å². The van der Waals surface area contributed by atoms with Crippen LogP contribution >= 0.6 is 0 Å². The molecule has 1 aromatic carbocycles. The molecule has 2 rings (SSSR count). The molecule has 0 fully saturated rings. The molecule has 6 nitrogen and oxygen atoms in total. The molecule has 6 heteroatoms. The van der Waals surface area contributed by atoms with Crippen molar-refractivity contribution in [2.75, 3.05) is 19.1 Å². The number of benzene rings is 1. The normalized spacial score (nSPS) is 17.1. The number of fused-ring (bicyclic) bond motifs is 1. The van der Waals surface area contributed by atoms with Crippen molar-refractivity contribution in [3.8, 4) is 5.75 Å². The van der Waals surface area contributed by atoms with E-state index in [1.54, 1.807) is 46.0 Å². The third-order valence-corrected chi connectivity index (χ3v) is 3.94. The number of nitrogens with zero attached hydrogens (tertiary/aromatic N) is 1. The summed E-state index contributed by atoms with van der Waals surface area (Å²) in [6, 6.07) is 4.94. The summed E-state index contributed by atoms with van der Waals surface area (Å²) in [5, 5.41) is 0. The number of amides is 1. The largest absolute Gasteiger partial charge is 0.476 e. The number of anilines is 1. The fourth-order valence-corrected chi connectivity index (χ4v) is 2.57. The van der Waals surface area contributed by atoms with E-state index in [-0.39, 0.29) is 18.1 Å². The minimum Gasteiger partial charge on any atom is -0.476 e. The smallest absolute Gasteiger partial charge is 0.306 e. The number of Topliss-reactive ketones (excluding diaryl/α,β-unsaturated/α-hetero) is 1. The molecule has 0 radical (unpaired) electrons. The van der Waals surface area contributed by atoms with Gasteiger partial charge in [-0.05, 0) is 32.0 Å². The Kier molecular flexibility index (Phi) is 4.45. The predicted molar refractivity (Wildman–Crippen MR) is 84.7 cm³/mol. The Hall–Kier alpha value is -2.37. The second-order valence-corrected chi connectivity index (χ2v) is 6.20. The summed E-state index contributed by atoms with van der Waals surface area (Å²) in [5.74, 6) is -0.751. The second-order valence-electron chi connectivity index (χ2n) is 6.20. The Labute approximate surface area is 135 Å². The lowest BCUT2D eigenvalue weighted by Crippen LogP contribution is -2.50. The Bertz CT molecular complexity index is 665. The minimum absolute atomic E-state index is 0.0250. The molecule has 1 aromatic rings. The third-order valence-electron chi connectivity index (χ3n) is 3.94. The van der Waals surface area contributed by atoms with E-state index < -0.39 is 17.5 Å². The molecule has 1 unspecified atom stereocenters. The molecule has 0 N–H and O–H groups in total. The van der Waals surface area contributed by atoms with Crippen LogP contribution in [0.3, 0.4) is 0 Å². The second kappa shape index (κ2) is 6.02. The van der Waals surface area contributed by atoms with Gasteiger partial charge in [0.05, 0.1) is 19.2 Å². The molecule has 0 bridgehead atoms. The molecule has 1 heterocycles.